The van der Waals surface area contributed by atoms with Gasteiger partial charge in [-0.2, -0.15) is 0 Å². The second-order valence-electron chi connectivity index (χ2n) is 9.73. The zero-order valence-electron chi connectivity index (χ0n) is 21.4. The average Bonchev–Trinajstić information content (AvgIpc) is 3.64. The largest absolute Gasteiger partial charge is 0.309 e. The molecule has 0 fully saturated rings. The fourth-order valence-corrected chi connectivity index (χ4v) is 6.28. The van der Waals surface area contributed by atoms with Crippen molar-refractivity contribution in [3.8, 4) is 39.9 Å². The average molecular weight is 531 g/mol. The minimum atomic E-state index is 0.654. The number of benzene rings is 5. The van der Waals surface area contributed by atoms with Crippen molar-refractivity contribution in [1.82, 2.24) is 19.5 Å². The third-order valence-electron chi connectivity index (χ3n) is 7.35. The summed E-state index contributed by atoms with van der Waals surface area (Å²) in [6.07, 6.45) is 0. The summed E-state index contributed by atoms with van der Waals surface area (Å²) < 4.78 is 3.66. The van der Waals surface area contributed by atoms with Gasteiger partial charge in [-0.25, -0.2) is 15.0 Å². The summed E-state index contributed by atoms with van der Waals surface area (Å²) in [6, 6.07) is 44.0. The van der Waals surface area contributed by atoms with Gasteiger partial charge < -0.3 is 4.57 Å². The van der Waals surface area contributed by atoms with E-state index in [0.717, 1.165) is 22.4 Å². The molecule has 0 aliphatic heterocycles. The first-order valence-corrected chi connectivity index (χ1v) is 14.1. The van der Waals surface area contributed by atoms with Crippen LogP contribution in [0.3, 0.4) is 0 Å². The molecule has 0 bridgehead atoms. The van der Waals surface area contributed by atoms with Crippen molar-refractivity contribution in [2.45, 2.75) is 0 Å². The first-order chi connectivity index (χ1) is 19.8. The van der Waals surface area contributed by atoms with E-state index < -0.39 is 0 Å². The number of thiophene rings is 1. The molecule has 0 spiro atoms. The quantitative estimate of drug-likeness (QED) is 0.228. The molecular weight excluding hydrogens is 508 g/mol. The van der Waals surface area contributed by atoms with Crippen LogP contribution in [0.2, 0.25) is 0 Å². The zero-order chi connectivity index (χ0) is 26.5. The van der Waals surface area contributed by atoms with Crippen LogP contribution >= 0.6 is 11.3 Å². The van der Waals surface area contributed by atoms with Gasteiger partial charge >= 0.3 is 0 Å². The summed E-state index contributed by atoms with van der Waals surface area (Å²) in [6.45, 7) is 0. The Bertz CT molecular complexity index is 2090. The van der Waals surface area contributed by atoms with Gasteiger partial charge in [0.1, 0.15) is 0 Å². The number of nitrogens with zero attached hydrogens (tertiary/aromatic N) is 4. The van der Waals surface area contributed by atoms with Gasteiger partial charge in [0.2, 0.25) is 0 Å². The van der Waals surface area contributed by atoms with Crippen LogP contribution in [0, 0.1) is 0 Å². The molecule has 0 aliphatic rings. The number of para-hydroxylation sites is 1. The minimum absolute atomic E-state index is 0.654. The molecular formula is C35H22N4S. The lowest BCUT2D eigenvalue weighted by molar-refractivity contribution is 1.07. The van der Waals surface area contributed by atoms with Crippen LogP contribution in [0.4, 0.5) is 0 Å². The minimum Gasteiger partial charge on any atom is -0.309 e. The van der Waals surface area contributed by atoms with Gasteiger partial charge in [-0.05, 0) is 53.9 Å². The molecule has 0 amide bonds. The van der Waals surface area contributed by atoms with Gasteiger partial charge in [0, 0.05) is 43.2 Å². The summed E-state index contributed by atoms with van der Waals surface area (Å²) in [5.41, 5.74) is 6.38. The van der Waals surface area contributed by atoms with Gasteiger partial charge in [0.25, 0.3) is 0 Å². The molecule has 4 nitrogen and oxygen atoms in total. The van der Waals surface area contributed by atoms with E-state index in [1.807, 2.05) is 60.7 Å². The van der Waals surface area contributed by atoms with Gasteiger partial charge in [-0.15, -0.1) is 11.3 Å². The Morgan fingerprint density at radius 3 is 1.68 bits per heavy atom. The fraction of sp³-hybridized carbons (Fsp3) is 0. The van der Waals surface area contributed by atoms with Gasteiger partial charge in [-0.1, -0.05) is 78.9 Å². The Balaban J connectivity index is 1.28. The lowest BCUT2D eigenvalue weighted by Gasteiger charge is -2.11. The van der Waals surface area contributed by atoms with E-state index in [0.29, 0.717) is 17.5 Å². The highest BCUT2D eigenvalue weighted by molar-refractivity contribution is 7.17. The molecule has 8 rings (SSSR count). The number of hydrogen-bond donors (Lipinski definition) is 0. The van der Waals surface area contributed by atoms with Gasteiger partial charge in [-0.3, -0.25) is 0 Å². The molecule has 0 saturated heterocycles. The van der Waals surface area contributed by atoms with E-state index in [1.165, 1.54) is 31.9 Å². The highest BCUT2D eigenvalue weighted by atomic mass is 32.1. The third-order valence-corrected chi connectivity index (χ3v) is 8.23. The molecule has 0 radical (unpaired) electrons. The summed E-state index contributed by atoms with van der Waals surface area (Å²) in [5.74, 6) is 1.98. The van der Waals surface area contributed by atoms with Crippen molar-refractivity contribution >= 4 is 43.2 Å². The SMILES string of the molecule is c1ccc(-c2nc(-c3ccccc3)nc(-c3ccc(-n4c5ccccc5c5c6ccsc6ccc54)cc3)n2)cc1. The maximum Gasteiger partial charge on any atom is 0.164 e. The van der Waals surface area contributed by atoms with Crippen molar-refractivity contribution in [3.05, 3.63) is 133 Å². The van der Waals surface area contributed by atoms with Crippen LogP contribution in [0.15, 0.2) is 133 Å². The number of fused-ring (bicyclic) bond motifs is 5. The van der Waals surface area contributed by atoms with Crippen LogP contribution in [-0.4, -0.2) is 19.5 Å². The number of rotatable bonds is 4. The molecule has 3 heterocycles. The first kappa shape index (κ1) is 22.8. The zero-order valence-corrected chi connectivity index (χ0v) is 22.2. The highest BCUT2D eigenvalue weighted by Crippen LogP contribution is 2.38. The smallest absolute Gasteiger partial charge is 0.164 e. The molecule has 188 valence electrons. The molecule has 40 heavy (non-hydrogen) atoms. The summed E-state index contributed by atoms with van der Waals surface area (Å²) in [4.78, 5) is 14.6. The second kappa shape index (κ2) is 9.26. The van der Waals surface area contributed by atoms with E-state index in [9.17, 15) is 0 Å². The van der Waals surface area contributed by atoms with Crippen molar-refractivity contribution < 1.29 is 0 Å². The summed E-state index contributed by atoms with van der Waals surface area (Å²) in [7, 11) is 0. The molecule has 0 aliphatic carbocycles. The first-order valence-electron chi connectivity index (χ1n) is 13.2. The van der Waals surface area contributed by atoms with E-state index in [1.54, 1.807) is 11.3 Å². The van der Waals surface area contributed by atoms with Gasteiger partial charge in [0.05, 0.1) is 11.0 Å². The van der Waals surface area contributed by atoms with E-state index in [4.69, 9.17) is 15.0 Å². The maximum absolute atomic E-state index is 4.89. The van der Waals surface area contributed by atoms with Gasteiger partial charge in [0.15, 0.2) is 17.5 Å². The Kier molecular flexibility index (Phi) is 5.28. The lowest BCUT2D eigenvalue weighted by Crippen LogP contribution is -2.00. The van der Waals surface area contributed by atoms with E-state index in [2.05, 4.69) is 76.7 Å². The number of hydrogen-bond acceptors (Lipinski definition) is 4. The normalized spacial score (nSPS) is 11.5. The van der Waals surface area contributed by atoms with Crippen LogP contribution < -0.4 is 0 Å². The monoisotopic (exact) mass is 530 g/mol. The predicted octanol–water partition coefficient (Wildman–Crippen LogP) is 9.18. The van der Waals surface area contributed by atoms with Crippen molar-refractivity contribution in [2.75, 3.05) is 0 Å². The standard InChI is InChI=1S/C35H22N4S/c1-3-9-23(10-4-1)33-36-34(24-11-5-2-6-12-24)38-35(37-33)25-15-17-26(18-16-25)39-29-14-8-7-13-27(29)32-28-21-22-40-31(28)20-19-30(32)39/h1-22H. The molecule has 5 aromatic carbocycles. The molecule has 0 saturated carbocycles. The topological polar surface area (TPSA) is 43.6 Å². The van der Waals surface area contributed by atoms with Crippen LogP contribution in [0.25, 0.3) is 71.7 Å². The number of aromatic nitrogens is 4. The third kappa shape index (κ3) is 3.71. The second-order valence-corrected chi connectivity index (χ2v) is 10.7. The molecule has 8 aromatic rings. The molecule has 0 unspecified atom stereocenters. The molecule has 5 heteroatoms. The van der Waals surface area contributed by atoms with Crippen molar-refractivity contribution in [1.29, 1.82) is 0 Å². The molecule has 0 N–H and O–H groups in total. The van der Waals surface area contributed by atoms with E-state index in [-0.39, 0.29) is 0 Å². The van der Waals surface area contributed by atoms with Crippen LogP contribution in [0.5, 0.6) is 0 Å². The lowest BCUT2D eigenvalue weighted by atomic mass is 10.1. The predicted molar refractivity (Wildman–Crippen MR) is 166 cm³/mol. The summed E-state index contributed by atoms with van der Waals surface area (Å²) in [5, 5.41) is 6.05. The van der Waals surface area contributed by atoms with Crippen molar-refractivity contribution in [2.24, 2.45) is 0 Å². The highest BCUT2D eigenvalue weighted by Gasteiger charge is 2.16. The Labute approximate surface area is 234 Å². The Morgan fingerprint density at radius 1 is 0.450 bits per heavy atom. The summed E-state index contributed by atoms with van der Waals surface area (Å²) >= 11 is 1.79. The molecule has 3 aromatic heterocycles. The van der Waals surface area contributed by atoms with Crippen molar-refractivity contribution in [3.63, 3.8) is 0 Å². The Hall–Kier alpha value is -5.13. The Morgan fingerprint density at radius 2 is 1.02 bits per heavy atom. The maximum atomic E-state index is 4.89. The van der Waals surface area contributed by atoms with Crippen LogP contribution in [-0.2, 0) is 0 Å². The molecule has 0 atom stereocenters. The fourth-order valence-electron chi connectivity index (χ4n) is 5.49. The van der Waals surface area contributed by atoms with Crippen LogP contribution in [0.1, 0.15) is 0 Å². The van der Waals surface area contributed by atoms with E-state index >= 15 is 0 Å².